The van der Waals surface area contributed by atoms with Gasteiger partial charge in [0.2, 0.25) is 0 Å². The van der Waals surface area contributed by atoms with Crippen molar-refractivity contribution in [3.63, 3.8) is 0 Å². The van der Waals surface area contributed by atoms with E-state index >= 15 is 0 Å². The van der Waals surface area contributed by atoms with E-state index in [0.717, 1.165) is 17.8 Å². The van der Waals surface area contributed by atoms with Crippen LogP contribution in [0.5, 0.6) is 0 Å². The molecule has 0 radical (unpaired) electrons. The highest BCUT2D eigenvalue weighted by molar-refractivity contribution is 5.06. The highest BCUT2D eigenvalue weighted by atomic mass is 15.0. The van der Waals surface area contributed by atoms with E-state index in [1.165, 1.54) is 6.42 Å². The van der Waals surface area contributed by atoms with Crippen LogP contribution in [0.15, 0.2) is 0 Å². The molecule has 1 aliphatic rings. The van der Waals surface area contributed by atoms with E-state index in [1.807, 2.05) is 0 Å². The van der Waals surface area contributed by atoms with Gasteiger partial charge in [0, 0.05) is 5.54 Å². The largest absolute Gasteiger partial charge is 0.314 e. The van der Waals surface area contributed by atoms with E-state index in [0.29, 0.717) is 5.54 Å². The maximum atomic E-state index is 3.44. The van der Waals surface area contributed by atoms with Crippen LogP contribution in [0.1, 0.15) is 34.1 Å². The quantitative estimate of drug-likeness (QED) is 0.645. The predicted octanol–water partition coefficient (Wildman–Crippen LogP) is 2.28. The number of hydrogen-bond acceptors (Lipinski definition) is 1. The predicted molar refractivity (Wildman–Crippen MR) is 49.6 cm³/mol. The lowest BCUT2D eigenvalue weighted by Gasteiger charge is -2.58. The summed E-state index contributed by atoms with van der Waals surface area (Å²) in [7, 11) is 2.08. The zero-order valence-corrected chi connectivity index (χ0v) is 8.44. The zero-order valence-electron chi connectivity index (χ0n) is 8.44. The molecule has 0 bridgehead atoms. The van der Waals surface area contributed by atoms with Crippen molar-refractivity contribution in [1.29, 1.82) is 0 Å². The van der Waals surface area contributed by atoms with Crippen molar-refractivity contribution in [3.05, 3.63) is 0 Å². The van der Waals surface area contributed by atoms with Gasteiger partial charge in [-0.2, -0.15) is 0 Å². The zero-order chi connectivity index (χ0) is 8.65. The van der Waals surface area contributed by atoms with E-state index in [-0.39, 0.29) is 0 Å². The van der Waals surface area contributed by atoms with Gasteiger partial charge in [-0.3, -0.25) is 0 Å². The maximum absolute atomic E-state index is 3.44. The second kappa shape index (κ2) is 2.78. The molecule has 0 spiro atoms. The van der Waals surface area contributed by atoms with E-state index in [2.05, 4.69) is 40.1 Å². The van der Waals surface area contributed by atoms with E-state index in [1.54, 1.807) is 0 Å². The molecule has 1 fully saturated rings. The molecule has 1 heteroatoms. The summed E-state index contributed by atoms with van der Waals surface area (Å²) in [6.45, 7) is 9.37. The second-order valence-corrected chi connectivity index (χ2v) is 4.18. The van der Waals surface area contributed by atoms with Gasteiger partial charge in [-0.1, -0.05) is 27.2 Å². The van der Waals surface area contributed by atoms with Crippen LogP contribution in [0.4, 0.5) is 0 Å². The van der Waals surface area contributed by atoms with Gasteiger partial charge in [0.25, 0.3) is 0 Å². The second-order valence-electron chi connectivity index (χ2n) is 4.18. The summed E-state index contributed by atoms with van der Waals surface area (Å²) in [6.07, 6.45) is 1.33. The molecule has 2 atom stereocenters. The third-order valence-electron chi connectivity index (χ3n) is 4.19. The van der Waals surface area contributed by atoms with Crippen LogP contribution in [-0.4, -0.2) is 12.6 Å². The fourth-order valence-electron chi connectivity index (χ4n) is 2.78. The molecule has 1 aliphatic carbocycles. The molecule has 66 valence electrons. The third kappa shape index (κ3) is 1.01. The van der Waals surface area contributed by atoms with Gasteiger partial charge in [0.1, 0.15) is 0 Å². The monoisotopic (exact) mass is 155 g/mol. The smallest absolute Gasteiger partial charge is 0.0206 e. The summed E-state index contributed by atoms with van der Waals surface area (Å²) in [4.78, 5) is 0. The minimum absolute atomic E-state index is 0.403. The first kappa shape index (κ1) is 9.05. The minimum Gasteiger partial charge on any atom is -0.314 e. The van der Waals surface area contributed by atoms with Gasteiger partial charge in [0.15, 0.2) is 0 Å². The van der Waals surface area contributed by atoms with Crippen molar-refractivity contribution in [2.45, 2.75) is 39.7 Å². The van der Waals surface area contributed by atoms with Gasteiger partial charge >= 0.3 is 0 Å². The molecule has 1 nitrogen and oxygen atoms in total. The van der Waals surface area contributed by atoms with Gasteiger partial charge in [-0.25, -0.2) is 0 Å². The molecule has 0 saturated heterocycles. The summed E-state index contributed by atoms with van der Waals surface area (Å²) in [5.74, 6) is 2.62. The van der Waals surface area contributed by atoms with Crippen LogP contribution >= 0.6 is 0 Å². The molecule has 0 amide bonds. The Morgan fingerprint density at radius 3 is 2.00 bits per heavy atom. The van der Waals surface area contributed by atoms with E-state index in [4.69, 9.17) is 0 Å². The van der Waals surface area contributed by atoms with Crippen molar-refractivity contribution in [2.24, 2.45) is 17.8 Å². The normalized spacial score (nSPS) is 50.5. The van der Waals surface area contributed by atoms with Crippen LogP contribution in [0.2, 0.25) is 0 Å². The van der Waals surface area contributed by atoms with Gasteiger partial charge in [0.05, 0.1) is 0 Å². The van der Waals surface area contributed by atoms with Crippen molar-refractivity contribution >= 4 is 0 Å². The molecular weight excluding hydrogens is 134 g/mol. The van der Waals surface area contributed by atoms with Crippen molar-refractivity contribution in [3.8, 4) is 0 Å². The average Bonchev–Trinajstić information content (AvgIpc) is 2.04. The van der Waals surface area contributed by atoms with Gasteiger partial charge < -0.3 is 5.32 Å². The molecule has 1 N–H and O–H groups in total. The Hall–Kier alpha value is -0.0400. The van der Waals surface area contributed by atoms with Crippen molar-refractivity contribution in [2.75, 3.05) is 7.05 Å². The Balaban J connectivity index is 2.62. The Morgan fingerprint density at radius 2 is 1.73 bits per heavy atom. The van der Waals surface area contributed by atoms with Crippen molar-refractivity contribution in [1.82, 2.24) is 5.32 Å². The number of rotatable bonds is 2. The number of nitrogens with one attached hydrogen (secondary N) is 1. The maximum Gasteiger partial charge on any atom is 0.0206 e. The topological polar surface area (TPSA) is 12.0 Å². The molecule has 0 aliphatic heterocycles. The first-order valence-corrected chi connectivity index (χ1v) is 4.76. The minimum atomic E-state index is 0.403. The molecule has 0 aromatic heterocycles. The first-order valence-electron chi connectivity index (χ1n) is 4.76. The van der Waals surface area contributed by atoms with E-state index in [9.17, 15) is 0 Å². The highest BCUT2D eigenvalue weighted by Crippen LogP contribution is 2.49. The standard InChI is InChI=1S/C10H21N/c1-6-9-7(2)10(4,11-5)8(9)3/h7-9,11H,6H2,1-5H3. The lowest BCUT2D eigenvalue weighted by atomic mass is 9.53. The lowest BCUT2D eigenvalue weighted by molar-refractivity contribution is -0.0400. The third-order valence-corrected chi connectivity index (χ3v) is 4.19. The van der Waals surface area contributed by atoms with Crippen molar-refractivity contribution < 1.29 is 0 Å². The Bertz CT molecular complexity index is 132. The average molecular weight is 155 g/mol. The Labute approximate surface area is 70.6 Å². The van der Waals surface area contributed by atoms with Crippen LogP contribution in [0.3, 0.4) is 0 Å². The highest BCUT2D eigenvalue weighted by Gasteiger charge is 2.52. The lowest BCUT2D eigenvalue weighted by Crippen LogP contribution is -2.65. The SMILES string of the molecule is CCC1C(C)C(C)(NC)C1C. The molecule has 0 aromatic carbocycles. The molecule has 11 heavy (non-hydrogen) atoms. The summed E-state index contributed by atoms with van der Waals surface area (Å²) >= 11 is 0. The van der Waals surface area contributed by atoms with Crippen LogP contribution in [0, 0.1) is 17.8 Å². The fourth-order valence-corrected chi connectivity index (χ4v) is 2.78. The first-order chi connectivity index (χ1) is 5.07. The molecular formula is C10H21N. The van der Waals surface area contributed by atoms with Gasteiger partial charge in [-0.05, 0) is 31.7 Å². The Kier molecular flexibility index (Phi) is 2.29. The fraction of sp³-hybridized carbons (Fsp3) is 1.00. The van der Waals surface area contributed by atoms with E-state index < -0.39 is 0 Å². The molecule has 1 rings (SSSR count). The number of hydrogen-bond donors (Lipinski definition) is 1. The summed E-state index contributed by atoms with van der Waals surface area (Å²) in [5, 5.41) is 3.44. The van der Waals surface area contributed by atoms with Crippen LogP contribution in [-0.2, 0) is 0 Å². The molecule has 1 saturated carbocycles. The van der Waals surface area contributed by atoms with Crippen LogP contribution < -0.4 is 5.32 Å². The summed E-state index contributed by atoms with van der Waals surface area (Å²) in [5.41, 5.74) is 0.403. The molecule has 0 aromatic rings. The molecule has 0 heterocycles. The van der Waals surface area contributed by atoms with Gasteiger partial charge in [-0.15, -0.1) is 0 Å². The summed E-state index contributed by atoms with van der Waals surface area (Å²) < 4.78 is 0. The Morgan fingerprint density at radius 1 is 1.27 bits per heavy atom. The van der Waals surface area contributed by atoms with Crippen LogP contribution in [0.25, 0.3) is 0 Å². The summed E-state index contributed by atoms with van der Waals surface area (Å²) in [6, 6.07) is 0. The molecule has 2 unspecified atom stereocenters.